The predicted molar refractivity (Wildman–Crippen MR) is 94.1 cm³/mol. The van der Waals surface area contributed by atoms with Gasteiger partial charge in [-0.3, -0.25) is 19.4 Å². The average molecular weight is 344 g/mol. The number of amides is 4. The Morgan fingerprint density at radius 1 is 1.00 bits per heavy atom. The normalized spacial score (nSPS) is 19.5. The molecule has 3 rings (SSSR count). The molecular formula is C18H24N4O3. The van der Waals surface area contributed by atoms with Gasteiger partial charge in [0, 0.05) is 37.9 Å². The maximum absolute atomic E-state index is 12.3. The summed E-state index contributed by atoms with van der Waals surface area (Å²) >= 11 is 0. The molecule has 2 aliphatic heterocycles. The number of rotatable bonds is 4. The molecule has 0 aliphatic carbocycles. The van der Waals surface area contributed by atoms with Gasteiger partial charge in [0.2, 0.25) is 0 Å². The van der Waals surface area contributed by atoms with E-state index in [-0.39, 0.29) is 12.7 Å². The van der Waals surface area contributed by atoms with Gasteiger partial charge in [0.05, 0.1) is 6.67 Å². The number of hydrogen-bond donors (Lipinski definition) is 0. The second-order valence-electron chi connectivity index (χ2n) is 6.87. The molecule has 2 fully saturated rings. The molecule has 0 spiro atoms. The Hall–Kier alpha value is -2.41. The molecule has 0 saturated carbocycles. The van der Waals surface area contributed by atoms with Crippen LogP contribution in [0.2, 0.25) is 0 Å². The van der Waals surface area contributed by atoms with Crippen molar-refractivity contribution in [1.82, 2.24) is 14.7 Å². The highest BCUT2D eigenvalue weighted by atomic mass is 16.2. The van der Waals surface area contributed by atoms with Gasteiger partial charge in [-0.05, 0) is 38.5 Å². The minimum absolute atomic E-state index is 0.175. The molecule has 4 amide bonds. The highest BCUT2D eigenvalue weighted by molar-refractivity contribution is 6.44. The number of aryl methyl sites for hydroxylation is 1. The van der Waals surface area contributed by atoms with E-state index >= 15 is 0 Å². The Morgan fingerprint density at radius 2 is 1.68 bits per heavy atom. The van der Waals surface area contributed by atoms with Gasteiger partial charge in [0.25, 0.3) is 0 Å². The first-order chi connectivity index (χ1) is 11.9. The van der Waals surface area contributed by atoms with Crippen LogP contribution in [0, 0.1) is 6.92 Å². The summed E-state index contributed by atoms with van der Waals surface area (Å²) in [6.07, 6.45) is 0. The molecule has 0 bridgehead atoms. The summed E-state index contributed by atoms with van der Waals surface area (Å²) in [4.78, 5) is 42.8. The van der Waals surface area contributed by atoms with E-state index in [0.717, 1.165) is 36.0 Å². The molecule has 0 atom stereocenters. The van der Waals surface area contributed by atoms with Crippen molar-refractivity contribution in [2.24, 2.45) is 0 Å². The first-order valence-corrected chi connectivity index (χ1v) is 8.61. The van der Waals surface area contributed by atoms with Gasteiger partial charge in [0.1, 0.15) is 0 Å². The topological polar surface area (TPSA) is 64.2 Å². The van der Waals surface area contributed by atoms with Crippen molar-refractivity contribution in [2.75, 3.05) is 37.7 Å². The quantitative estimate of drug-likeness (QED) is 0.608. The summed E-state index contributed by atoms with van der Waals surface area (Å²) in [5.41, 5.74) is 2.41. The Kier molecular flexibility index (Phi) is 4.76. The Labute approximate surface area is 147 Å². The Morgan fingerprint density at radius 3 is 2.24 bits per heavy atom. The van der Waals surface area contributed by atoms with Gasteiger partial charge < -0.3 is 4.90 Å². The van der Waals surface area contributed by atoms with Crippen molar-refractivity contribution in [3.63, 3.8) is 0 Å². The summed E-state index contributed by atoms with van der Waals surface area (Å²) in [6.45, 7) is 8.82. The smallest absolute Gasteiger partial charge is 0.335 e. The Balaban J connectivity index is 1.60. The fourth-order valence-corrected chi connectivity index (χ4v) is 3.27. The number of urea groups is 1. The van der Waals surface area contributed by atoms with Crippen LogP contribution in [0.3, 0.4) is 0 Å². The van der Waals surface area contributed by atoms with E-state index in [4.69, 9.17) is 0 Å². The zero-order valence-electron chi connectivity index (χ0n) is 14.9. The van der Waals surface area contributed by atoms with Crippen LogP contribution in [0.15, 0.2) is 24.3 Å². The lowest BCUT2D eigenvalue weighted by molar-refractivity contribution is -0.144. The lowest BCUT2D eigenvalue weighted by Crippen LogP contribution is -2.51. The van der Waals surface area contributed by atoms with Crippen molar-refractivity contribution < 1.29 is 14.4 Å². The number of benzene rings is 1. The molecule has 0 N–H and O–H groups in total. The van der Waals surface area contributed by atoms with E-state index in [0.29, 0.717) is 0 Å². The molecule has 7 nitrogen and oxygen atoms in total. The van der Waals surface area contributed by atoms with Crippen LogP contribution in [-0.4, -0.2) is 71.4 Å². The summed E-state index contributed by atoms with van der Waals surface area (Å²) in [6, 6.07) is 7.54. The van der Waals surface area contributed by atoms with Crippen LogP contribution in [0.4, 0.5) is 10.5 Å². The summed E-state index contributed by atoms with van der Waals surface area (Å²) < 4.78 is 0. The van der Waals surface area contributed by atoms with E-state index in [1.165, 1.54) is 11.3 Å². The van der Waals surface area contributed by atoms with E-state index in [2.05, 4.69) is 30.0 Å². The van der Waals surface area contributed by atoms with E-state index < -0.39 is 17.8 Å². The molecule has 134 valence electrons. The number of imide groups is 2. The van der Waals surface area contributed by atoms with Crippen LogP contribution in [0.5, 0.6) is 0 Å². The second-order valence-corrected chi connectivity index (χ2v) is 6.87. The van der Waals surface area contributed by atoms with Crippen LogP contribution in [0.25, 0.3) is 0 Å². The van der Waals surface area contributed by atoms with Crippen LogP contribution >= 0.6 is 0 Å². The molecule has 2 heterocycles. The lowest BCUT2D eigenvalue weighted by atomic mass is 10.2. The van der Waals surface area contributed by atoms with E-state index in [1.54, 1.807) is 13.8 Å². The third kappa shape index (κ3) is 3.37. The molecule has 2 aliphatic rings. The van der Waals surface area contributed by atoms with E-state index in [9.17, 15) is 14.4 Å². The number of piperazine rings is 1. The third-order valence-electron chi connectivity index (χ3n) is 4.68. The fourth-order valence-electron chi connectivity index (χ4n) is 3.27. The largest absolute Gasteiger partial charge is 0.369 e. The Bertz CT molecular complexity index is 695. The standard InChI is InChI=1S/C18H24N4O3/c1-13(2)22-17(24)16(23)21(18(22)25)12-19-7-9-20(10-8-19)15-6-4-5-14(3)11-15/h4-6,11,13H,7-10,12H2,1-3H3. The monoisotopic (exact) mass is 344 g/mol. The minimum Gasteiger partial charge on any atom is -0.369 e. The zero-order valence-corrected chi connectivity index (χ0v) is 14.9. The van der Waals surface area contributed by atoms with Crippen LogP contribution in [0.1, 0.15) is 19.4 Å². The molecule has 25 heavy (non-hydrogen) atoms. The van der Waals surface area contributed by atoms with Crippen LogP contribution < -0.4 is 4.90 Å². The molecule has 1 aromatic carbocycles. The van der Waals surface area contributed by atoms with Crippen molar-refractivity contribution in [3.8, 4) is 0 Å². The number of nitrogens with zero attached hydrogens (tertiary/aromatic N) is 4. The highest BCUT2D eigenvalue weighted by Gasteiger charge is 2.46. The SMILES string of the molecule is Cc1cccc(N2CCN(CN3C(=O)C(=O)N(C(C)C)C3=O)CC2)c1. The van der Waals surface area contributed by atoms with Gasteiger partial charge in [0.15, 0.2) is 0 Å². The van der Waals surface area contributed by atoms with E-state index in [1.807, 2.05) is 11.0 Å². The average Bonchev–Trinajstić information content (AvgIpc) is 2.79. The second kappa shape index (κ2) is 6.84. The van der Waals surface area contributed by atoms with Gasteiger partial charge >= 0.3 is 17.8 Å². The number of carbonyl (C=O) groups excluding carboxylic acids is 3. The van der Waals surface area contributed by atoms with Crippen LogP contribution in [-0.2, 0) is 9.59 Å². The van der Waals surface area contributed by atoms with Crippen molar-refractivity contribution in [2.45, 2.75) is 26.8 Å². The van der Waals surface area contributed by atoms with Crippen molar-refractivity contribution in [1.29, 1.82) is 0 Å². The first kappa shape index (κ1) is 17.4. The molecule has 7 heteroatoms. The predicted octanol–water partition coefficient (Wildman–Crippen LogP) is 1.27. The number of hydrogen-bond acceptors (Lipinski definition) is 5. The van der Waals surface area contributed by atoms with Gasteiger partial charge in [-0.25, -0.2) is 9.69 Å². The summed E-state index contributed by atoms with van der Waals surface area (Å²) in [7, 11) is 0. The molecule has 1 aromatic rings. The highest BCUT2D eigenvalue weighted by Crippen LogP contribution is 2.20. The first-order valence-electron chi connectivity index (χ1n) is 8.61. The summed E-state index contributed by atoms with van der Waals surface area (Å²) in [5.74, 6) is -1.45. The number of carbonyl (C=O) groups is 3. The third-order valence-corrected chi connectivity index (χ3v) is 4.68. The number of anilines is 1. The molecule has 0 unspecified atom stereocenters. The van der Waals surface area contributed by atoms with Crippen molar-refractivity contribution in [3.05, 3.63) is 29.8 Å². The molecule has 2 saturated heterocycles. The van der Waals surface area contributed by atoms with Gasteiger partial charge in [-0.15, -0.1) is 0 Å². The van der Waals surface area contributed by atoms with Gasteiger partial charge in [-0.1, -0.05) is 12.1 Å². The molecule has 0 radical (unpaired) electrons. The minimum atomic E-state index is -0.724. The molecule has 0 aromatic heterocycles. The van der Waals surface area contributed by atoms with Crippen molar-refractivity contribution >= 4 is 23.5 Å². The summed E-state index contributed by atoms with van der Waals surface area (Å²) in [5, 5.41) is 0. The molecular weight excluding hydrogens is 320 g/mol. The maximum atomic E-state index is 12.3. The zero-order chi connectivity index (χ0) is 18.1. The maximum Gasteiger partial charge on any atom is 0.335 e. The lowest BCUT2D eigenvalue weighted by Gasteiger charge is -2.37. The fraction of sp³-hybridized carbons (Fsp3) is 0.500. The van der Waals surface area contributed by atoms with Gasteiger partial charge in [-0.2, -0.15) is 0 Å².